The molecule has 67 heavy (non-hydrogen) atoms. The minimum absolute atomic E-state index is 1.07. The lowest BCUT2D eigenvalue weighted by Gasteiger charge is -2.29. The van der Waals surface area contributed by atoms with Crippen LogP contribution in [-0.4, -0.2) is 0 Å². The number of anilines is 3. The van der Waals surface area contributed by atoms with Crippen molar-refractivity contribution in [3.05, 3.63) is 273 Å². The number of hydrogen-bond donors (Lipinski definition) is 0. The molecule has 0 aliphatic carbocycles. The summed E-state index contributed by atoms with van der Waals surface area (Å²) in [5, 5.41) is 7.38. The Morgan fingerprint density at radius 2 is 0.552 bits per heavy atom. The van der Waals surface area contributed by atoms with Gasteiger partial charge in [-0.15, -0.1) is 0 Å². The van der Waals surface area contributed by atoms with Crippen LogP contribution in [0.25, 0.3) is 99.1 Å². The molecule has 0 bridgehead atoms. The predicted octanol–water partition coefficient (Wildman–Crippen LogP) is 18.6. The minimum Gasteiger partial charge on any atom is -0.310 e. The van der Waals surface area contributed by atoms with E-state index in [2.05, 4.69) is 278 Å². The quantitative estimate of drug-likeness (QED) is 0.140. The summed E-state index contributed by atoms with van der Waals surface area (Å²) in [5.74, 6) is 0. The number of fused-ring (bicyclic) bond motifs is 3. The first-order valence-electron chi connectivity index (χ1n) is 23.1. The summed E-state index contributed by atoms with van der Waals surface area (Å²) in [6, 6.07) is 99.7. The lowest BCUT2D eigenvalue weighted by molar-refractivity contribution is 1.28. The normalized spacial score (nSPS) is 11.3. The summed E-state index contributed by atoms with van der Waals surface area (Å²) in [6.45, 7) is 0. The molecule has 0 aromatic heterocycles. The first kappa shape index (κ1) is 39.8. The third-order valence-electron chi connectivity index (χ3n) is 13.3. The average Bonchev–Trinajstić information content (AvgIpc) is 3.41. The second-order valence-electron chi connectivity index (χ2n) is 17.3. The van der Waals surface area contributed by atoms with Gasteiger partial charge in [0.2, 0.25) is 0 Å². The van der Waals surface area contributed by atoms with Crippen LogP contribution in [0, 0.1) is 0 Å². The van der Waals surface area contributed by atoms with Crippen molar-refractivity contribution < 1.29 is 0 Å². The molecule has 12 aromatic rings. The van der Waals surface area contributed by atoms with Gasteiger partial charge in [-0.1, -0.05) is 224 Å². The van der Waals surface area contributed by atoms with Crippen LogP contribution in [0.2, 0.25) is 0 Å². The summed E-state index contributed by atoms with van der Waals surface area (Å²) >= 11 is 0. The van der Waals surface area contributed by atoms with Crippen molar-refractivity contribution >= 4 is 49.4 Å². The molecule has 0 amide bonds. The zero-order valence-corrected chi connectivity index (χ0v) is 36.9. The Labute approximate surface area is 392 Å². The predicted molar refractivity (Wildman–Crippen MR) is 286 cm³/mol. The van der Waals surface area contributed by atoms with Gasteiger partial charge in [-0.25, -0.2) is 0 Å². The van der Waals surface area contributed by atoms with Gasteiger partial charge in [0.1, 0.15) is 0 Å². The van der Waals surface area contributed by atoms with E-state index < -0.39 is 0 Å². The average molecular weight is 852 g/mol. The van der Waals surface area contributed by atoms with Gasteiger partial charge in [-0.2, -0.15) is 0 Å². The largest absolute Gasteiger partial charge is 0.310 e. The Hall–Kier alpha value is -8.78. The fourth-order valence-electron chi connectivity index (χ4n) is 9.94. The standard InChI is InChI=1S/C66H45N/c1-3-16-46(17-4-1)54-42-55(47-18-5-2-6-19-47)44-56(43-54)48-32-37-57(38-33-48)67(58-39-34-52(35-40-58)61-29-13-23-49-20-7-10-26-59(49)61)66-45-53(63-30-14-24-50-21-8-11-27-60(50)63)36-41-65(66)64-31-15-25-51-22-9-12-28-62(51)64/h1-45H. The van der Waals surface area contributed by atoms with E-state index in [1.54, 1.807) is 0 Å². The van der Waals surface area contributed by atoms with Gasteiger partial charge in [-0.3, -0.25) is 0 Å². The molecule has 1 heteroatoms. The van der Waals surface area contributed by atoms with E-state index in [1.165, 1.54) is 82.4 Å². The molecule has 314 valence electrons. The van der Waals surface area contributed by atoms with Crippen LogP contribution in [0.4, 0.5) is 17.1 Å². The van der Waals surface area contributed by atoms with E-state index in [-0.39, 0.29) is 0 Å². The van der Waals surface area contributed by atoms with Crippen molar-refractivity contribution in [2.75, 3.05) is 4.90 Å². The second-order valence-corrected chi connectivity index (χ2v) is 17.3. The van der Waals surface area contributed by atoms with Gasteiger partial charge >= 0.3 is 0 Å². The summed E-state index contributed by atoms with van der Waals surface area (Å²) in [6.07, 6.45) is 0. The van der Waals surface area contributed by atoms with Crippen molar-refractivity contribution in [2.24, 2.45) is 0 Å². The molecular weight excluding hydrogens is 807 g/mol. The Balaban J connectivity index is 1.06. The highest BCUT2D eigenvalue weighted by atomic mass is 15.1. The van der Waals surface area contributed by atoms with Gasteiger partial charge in [0, 0.05) is 16.9 Å². The molecule has 0 N–H and O–H groups in total. The van der Waals surface area contributed by atoms with Crippen molar-refractivity contribution in [1.29, 1.82) is 0 Å². The lowest BCUT2D eigenvalue weighted by Crippen LogP contribution is -2.11. The SMILES string of the molecule is c1ccc(-c2cc(-c3ccccc3)cc(-c3ccc(N(c4ccc(-c5cccc6ccccc56)cc4)c4cc(-c5cccc6ccccc56)ccc4-c4cccc5ccccc45)cc3)c2)cc1. The van der Waals surface area contributed by atoms with Crippen molar-refractivity contribution in [2.45, 2.75) is 0 Å². The Morgan fingerprint density at radius 1 is 0.194 bits per heavy atom. The monoisotopic (exact) mass is 851 g/mol. The molecular formula is C66H45N. The summed E-state index contributed by atoms with van der Waals surface area (Å²) in [4.78, 5) is 2.46. The van der Waals surface area contributed by atoms with Crippen LogP contribution in [-0.2, 0) is 0 Å². The van der Waals surface area contributed by atoms with E-state index in [4.69, 9.17) is 0 Å². The molecule has 12 aromatic carbocycles. The highest BCUT2D eigenvalue weighted by molar-refractivity contribution is 6.04. The van der Waals surface area contributed by atoms with Gasteiger partial charge in [0.25, 0.3) is 0 Å². The summed E-state index contributed by atoms with van der Waals surface area (Å²) < 4.78 is 0. The number of benzene rings is 12. The molecule has 0 aliphatic rings. The Kier molecular flexibility index (Phi) is 10.3. The number of hydrogen-bond acceptors (Lipinski definition) is 1. The third kappa shape index (κ3) is 7.63. The van der Waals surface area contributed by atoms with E-state index in [0.29, 0.717) is 0 Å². The van der Waals surface area contributed by atoms with Crippen LogP contribution in [0.1, 0.15) is 0 Å². The van der Waals surface area contributed by atoms with Gasteiger partial charge in [-0.05, 0) is 142 Å². The third-order valence-corrected chi connectivity index (χ3v) is 13.3. The molecule has 0 heterocycles. The van der Waals surface area contributed by atoms with E-state index >= 15 is 0 Å². The molecule has 12 rings (SSSR count). The van der Waals surface area contributed by atoms with Crippen molar-refractivity contribution in [3.8, 4) is 66.8 Å². The minimum atomic E-state index is 1.07. The smallest absolute Gasteiger partial charge is 0.0546 e. The summed E-state index contributed by atoms with van der Waals surface area (Å²) in [5.41, 5.74) is 17.5. The fourth-order valence-corrected chi connectivity index (χ4v) is 9.94. The molecule has 0 atom stereocenters. The van der Waals surface area contributed by atoms with Crippen LogP contribution in [0.15, 0.2) is 273 Å². The zero-order valence-electron chi connectivity index (χ0n) is 36.9. The van der Waals surface area contributed by atoms with E-state index in [9.17, 15) is 0 Å². The molecule has 0 radical (unpaired) electrons. The first-order valence-corrected chi connectivity index (χ1v) is 23.1. The zero-order chi connectivity index (χ0) is 44.5. The topological polar surface area (TPSA) is 3.24 Å². The maximum Gasteiger partial charge on any atom is 0.0546 e. The molecule has 0 saturated carbocycles. The van der Waals surface area contributed by atoms with Crippen LogP contribution in [0.5, 0.6) is 0 Å². The number of rotatable bonds is 9. The lowest BCUT2D eigenvalue weighted by atomic mass is 9.91. The first-order chi connectivity index (χ1) is 33.2. The van der Waals surface area contributed by atoms with Crippen molar-refractivity contribution in [3.63, 3.8) is 0 Å². The molecule has 0 fully saturated rings. The molecule has 1 nitrogen and oxygen atoms in total. The summed E-state index contributed by atoms with van der Waals surface area (Å²) in [7, 11) is 0. The highest BCUT2D eigenvalue weighted by Crippen LogP contribution is 2.46. The number of nitrogens with zero attached hydrogens (tertiary/aromatic N) is 1. The Morgan fingerprint density at radius 3 is 1.04 bits per heavy atom. The van der Waals surface area contributed by atoms with Gasteiger partial charge in [0.15, 0.2) is 0 Å². The van der Waals surface area contributed by atoms with Gasteiger partial charge < -0.3 is 4.90 Å². The van der Waals surface area contributed by atoms with Crippen LogP contribution < -0.4 is 4.90 Å². The van der Waals surface area contributed by atoms with Crippen LogP contribution in [0.3, 0.4) is 0 Å². The Bertz CT molecular complexity index is 3650. The highest BCUT2D eigenvalue weighted by Gasteiger charge is 2.21. The molecule has 0 unspecified atom stereocenters. The van der Waals surface area contributed by atoms with Gasteiger partial charge in [0.05, 0.1) is 5.69 Å². The maximum atomic E-state index is 2.46. The maximum absolute atomic E-state index is 2.46. The molecule has 0 saturated heterocycles. The van der Waals surface area contributed by atoms with E-state index in [1.807, 2.05) is 0 Å². The fraction of sp³-hybridized carbons (Fsp3) is 0. The van der Waals surface area contributed by atoms with Crippen molar-refractivity contribution in [1.82, 2.24) is 0 Å². The second kappa shape index (κ2) is 17.3. The molecule has 0 aliphatic heterocycles. The van der Waals surface area contributed by atoms with E-state index in [0.717, 1.165) is 33.8 Å². The van der Waals surface area contributed by atoms with Crippen LogP contribution >= 0.6 is 0 Å². The molecule has 0 spiro atoms.